The van der Waals surface area contributed by atoms with Crippen LogP contribution in [-0.4, -0.2) is 10.9 Å². The standard InChI is InChI=1S/C22H24N2O/c25-22(14-18-15-23-21-9-5-4-8-20(18)21)24-19-12-10-17(11-13-19)16-6-2-1-3-7-16/h4-5,8-13,15-16,23H,1-3,6-7,14H2,(H,24,25). The summed E-state index contributed by atoms with van der Waals surface area (Å²) in [5.74, 6) is 0.722. The van der Waals surface area contributed by atoms with Gasteiger partial charge in [0.15, 0.2) is 0 Å². The first-order valence-corrected chi connectivity index (χ1v) is 9.24. The summed E-state index contributed by atoms with van der Waals surface area (Å²) < 4.78 is 0. The van der Waals surface area contributed by atoms with Crippen molar-refractivity contribution in [2.75, 3.05) is 5.32 Å². The lowest BCUT2D eigenvalue weighted by molar-refractivity contribution is -0.115. The van der Waals surface area contributed by atoms with E-state index in [-0.39, 0.29) is 5.91 Å². The van der Waals surface area contributed by atoms with E-state index in [2.05, 4.69) is 22.4 Å². The fraction of sp³-hybridized carbons (Fsp3) is 0.318. The minimum atomic E-state index is 0.0233. The average Bonchev–Trinajstić information content (AvgIpc) is 3.06. The van der Waals surface area contributed by atoms with Gasteiger partial charge in [-0.1, -0.05) is 49.6 Å². The largest absolute Gasteiger partial charge is 0.361 e. The number of hydrogen-bond donors (Lipinski definition) is 2. The molecule has 128 valence electrons. The Hall–Kier alpha value is -2.55. The van der Waals surface area contributed by atoms with Crippen molar-refractivity contribution < 1.29 is 4.79 Å². The second kappa shape index (κ2) is 7.14. The first kappa shape index (κ1) is 15.9. The van der Waals surface area contributed by atoms with Gasteiger partial charge in [-0.3, -0.25) is 4.79 Å². The van der Waals surface area contributed by atoms with E-state index in [0.717, 1.165) is 22.2 Å². The molecule has 3 nitrogen and oxygen atoms in total. The Morgan fingerprint density at radius 2 is 1.76 bits per heavy atom. The van der Waals surface area contributed by atoms with Crippen LogP contribution in [0.2, 0.25) is 0 Å². The van der Waals surface area contributed by atoms with Gasteiger partial charge in [-0.25, -0.2) is 0 Å². The van der Waals surface area contributed by atoms with E-state index in [1.165, 1.54) is 37.7 Å². The zero-order chi connectivity index (χ0) is 17.1. The third-order valence-electron chi connectivity index (χ3n) is 5.30. The van der Waals surface area contributed by atoms with Crippen LogP contribution >= 0.6 is 0 Å². The molecule has 3 heteroatoms. The van der Waals surface area contributed by atoms with Gasteiger partial charge in [0, 0.05) is 22.8 Å². The van der Waals surface area contributed by atoms with E-state index in [1.54, 1.807) is 0 Å². The molecule has 4 rings (SSSR count). The molecule has 0 radical (unpaired) electrons. The van der Waals surface area contributed by atoms with Crippen molar-refractivity contribution >= 4 is 22.5 Å². The van der Waals surface area contributed by atoms with Crippen LogP contribution in [-0.2, 0) is 11.2 Å². The van der Waals surface area contributed by atoms with Gasteiger partial charge in [-0.05, 0) is 48.1 Å². The molecule has 0 bridgehead atoms. The third kappa shape index (κ3) is 3.60. The molecular formula is C22H24N2O. The number of rotatable bonds is 4. The molecule has 2 aromatic carbocycles. The highest BCUT2D eigenvalue weighted by Gasteiger charge is 2.15. The molecule has 1 aliphatic rings. The number of amides is 1. The van der Waals surface area contributed by atoms with E-state index in [0.29, 0.717) is 12.3 Å². The highest BCUT2D eigenvalue weighted by Crippen LogP contribution is 2.33. The molecule has 0 spiro atoms. The number of aromatic amines is 1. The van der Waals surface area contributed by atoms with Gasteiger partial charge in [0.1, 0.15) is 0 Å². The number of hydrogen-bond acceptors (Lipinski definition) is 1. The number of benzene rings is 2. The molecular weight excluding hydrogens is 308 g/mol. The van der Waals surface area contributed by atoms with Crippen LogP contribution in [0.1, 0.15) is 49.1 Å². The number of fused-ring (bicyclic) bond motifs is 1. The van der Waals surface area contributed by atoms with Gasteiger partial charge in [-0.15, -0.1) is 0 Å². The van der Waals surface area contributed by atoms with Gasteiger partial charge in [-0.2, -0.15) is 0 Å². The fourth-order valence-electron chi connectivity index (χ4n) is 3.93. The lowest BCUT2D eigenvalue weighted by Crippen LogP contribution is -2.14. The summed E-state index contributed by atoms with van der Waals surface area (Å²) >= 11 is 0. The van der Waals surface area contributed by atoms with Gasteiger partial charge in [0.2, 0.25) is 5.91 Å². The van der Waals surface area contributed by atoms with Gasteiger partial charge >= 0.3 is 0 Å². The smallest absolute Gasteiger partial charge is 0.228 e. The van der Waals surface area contributed by atoms with Crippen molar-refractivity contribution in [2.45, 2.75) is 44.4 Å². The van der Waals surface area contributed by atoms with Crippen molar-refractivity contribution in [1.82, 2.24) is 4.98 Å². The van der Waals surface area contributed by atoms with Gasteiger partial charge in [0.05, 0.1) is 6.42 Å². The van der Waals surface area contributed by atoms with E-state index in [9.17, 15) is 4.79 Å². The molecule has 25 heavy (non-hydrogen) atoms. The lowest BCUT2D eigenvalue weighted by atomic mass is 9.84. The minimum absolute atomic E-state index is 0.0233. The van der Waals surface area contributed by atoms with Crippen molar-refractivity contribution in [3.8, 4) is 0 Å². The van der Waals surface area contributed by atoms with Crippen molar-refractivity contribution in [2.24, 2.45) is 0 Å². The number of carbonyl (C=O) groups excluding carboxylic acids is 1. The summed E-state index contributed by atoms with van der Waals surface area (Å²) in [4.78, 5) is 15.6. The van der Waals surface area contributed by atoms with Crippen LogP contribution in [0.15, 0.2) is 54.7 Å². The molecule has 1 aromatic heterocycles. The minimum Gasteiger partial charge on any atom is -0.361 e. The van der Waals surface area contributed by atoms with Crippen molar-refractivity contribution in [1.29, 1.82) is 0 Å². The SMILES string of the molecule is O=C(Cc1c[nH]c2ccccc12)Nc1ccc(C2CCCCC2)cc1. The maximum absolute atomic E-state index is 12.4. The quantitative estimate of drug-likeness (QED) is 0.660. The van der Waals surface area contributed by atoms with E-state index >= 15 is 0 Å². The topological polar surface area (TPSA) is 44.9 Å². The molecule has 0 atom stereocenters. The number of carbonyl (C=O) groups is 1. The summed E-state index contributed by atoms with van der Waals surface area (Å²) in [6.45, 7) is 0. The zero-order valence-electron chi connectivity index (χ0n) is 14.4. The van der Waals surface area contributed by atoms with Crippen LogP contribution in [0.4, 0.5) is 5.69 Å². The summed E-state index contributed by atoms with van der Waals surface area (Å²) in [5.41, 5.74) is 4.40. The Kier molecular flexibility index (Phi) is 4.55. The molecule has 3 aromatic rings. The molecule has 0 saturated heterocycles. The predicted octanol–water partition coefficient (Wildman–Crippen LogP) is 5.40. The number of nitrogens with one attached hydrogen (secondary N) is 2. The van der Waals surface area contributed by atoms with Crippen molar-refractivity contribution in [3.05, 3.63) is 65.9 Å². The monoisotopic (exact) mass is 332 g/mol. The molecule has 0 unspecified atom stereocenters. The lowest BCUT2D eigenvalue weighted by Gasteiger charge is -2.22. The summed E-state index contributed by atoms with van der Waals surface area (Å²) in [6.07, 6.45) is 8.96. The van der Waals surface area contributed by atoms with E-state index < -0.39 is 0 Å². The Bertz CT molecular complexity index is 857. The Morgan fingerprint density at radius 3 is 2.56 bits per heavy atom. The van der Waals surface area contributed by atoms with Crippen LogP contribution in [0.25, 0.3) is 10.9 Å². The molecule has 0 aliphatic heterocycles. The van der Waals surface area contributed by atoms with Crippen molar-refractivity contribution in [3.63, 3.8) is 0 Å². The fourth-order valence-corrected chi connectivity index (χ4v) is 3.93. The maximum atomic E-state index is 12.4. The molecule has 2 N–H and O–H groups in total. The predicted molar refractivity (Wildman–Crippen MR) is 103 cm³/mol. The third-order valence-corrected chi connectivity index (χ3v) is 5.30. The van der Waals surface area contributed by atoms with Crippen LogP contribution in [0, 0.1) is 0 Å². The molecule has 1 saturated carbocycles. The zero-order valence-corrected chi connectivity index (χ0v) is 14.4. The van der Waals surface area contributed by atoms with Crippen LogP contribution < -0.4 is 5.32 Å². The second-order valence-electron chi connectivity index (χ2n) is 7.04. The number of anilines is 1. The Morgan fingerprint density at radius 1 is 1.00 bits per heavy atom. The first-order chi connectivity index (χ1) is 12.3. The number of para-hydroxylation sites is 1. The number of aromatic nitrogens is 1. The van der Waals surface area contributed by atoms with Gasteiger partial charge in [0.25, 0.3) is 0 Å². The molecule has 1 aliphatic carbocycles. The van der Waals surface area contributed by atoms with E-state index in [4.69, 9.17) is 0 Å². The Labute approximate surface area is 148 Å². The molecule has 1 heterocycles. The molecule has 1 fully saturated rings. The summed E-state index contributed by atoms with van der Waals surface area (Å²) in [6, 6.07) is 16.5. The first-order valence-electron chi connectivity index (χ1n) is 9.24. The normalized spacial score (nSPS) is 15.4. The van der Waals surface area contributed by atoms with Crippen LogP contribution in [0.3, 0.4) is 0 Å². The second-order valence-corrected chi connectivity index (χ2v) is 7.04. The highest BCUT2D eigenvalue weighted by atomic mass is 16.1. The average molecular weight is 332 g/mol. The highest BCUT2D eigenvalue weighted by molar-refractivity contribution is 5.95. The summed E-state index contributed by atoms with van der Waals surface area (Å²) in [5, 5.41) is 4.14. The van der Waals surface area contributed by atoms with E-state index in [1.807, 2.05) is 42.6 Å². The van der Waals surface area contributed by atoms with Crippen LogP contribution in [0.5, 0.6) is 0 Å². The summed E-state index contributed by atoms with van der Waals surface area (Å²) in [7, 11) is 0. The Balaban J connectivity index is 1.40. The number of H-pyrrole nitrogens is 1. The molecule has 1 amide bonds. The maximum Gasteiger partial charge on any atom is 0.228 e. The van der Waals surface area contributed by atoms with Gasteiger partial charge < -0.3 is 10.3 Å².